The molecule has 4 atom stereocenters. The van der Waals surface area contributed by atoms with E-state index in [2.05, 4.69) is 17.4 Å². The van der Waals surface area contributed by atoms with E-state index in [1.54, 1.807) is 0 Å². The van der Waals surface area contributed by atoms with Gasteiger partial charge in [0.1, 0.15) is 0 Å². The van der Waals surface area contributed by atoms with E-state index in [9.17, 15) is 4.79 Å². The van der Waals surface area contributed by atoms with Gasteiger partial charge in [-0.05, 0) is 50.9 Å². The molecular formula is C19H27N3O2. The number of rotatable bonds is 6. The molecule has 0 aromatic heterocycles. The van der Waals surface area contributed by atoms with E-state index in [0.29, 0.717) is 5.92 Å². The third-order valence-electron chi connectivity index (χ3n) is 5.53. The third-order valence-corrected chi connectivity index (χ3v) is 5.53. The van der Waals surface area contributed by atoms with Crippen LogP contribution < -0.4 is 11.1 Å². The first-order valence-corrected chi connectivity index (χ1v) is 8.84. The Balaban J connectivity index is 1.43. The predicted molar refractivity (Wildman–Crippen MR) is 94.4 cm³/mol. The number of fused-ring (bicyclic) bond motifs is 2. The standard InChI is InChI=1S/C19H27N3O2/c1-12-3-6-15(7-4-12)19(20)22-24-11-18(23)21-13(2)17-10-14-5-8-16(17)9-14/h3-4,6-7,13-14,16-17H,5,8-11H2,1-2H3,(H2,20,22)(H,21,23)/t13-,14+,16+,17+/m1/s1. The van der Waals surface area contributed by atoms with Gasteiger partial charge < -0.3 is 15.9 Å². The number of carbonyl (C=O) groups is 1. The van der Waals surface area contributed by atoms with Gasteiger partial charge in [0.2, 0.25) is 0 Å². The Kier molecular flexibility index (Phi) is 5.07. The number of amidine groups is 1. The summed E-state index contributed by atoms with van der Waals surface area (Å²) >= 11 is 0. The second-order valence-corrected chi connectivity index (χ2v) is 7.31. The van der Waals surface area contributed by atoms with Crippen molar-refractivity contribution < 1.29 is 9.63 Å². The minimum atomic E-state index is -0.134. The fraction of sp³-hybridized carbons (Fsp3) is 0.579. The number of hydrogen-bond donors (Lipinski definition) is 2. The first-order chi connectivity index (χ1) is 11.5. The summed E-state index contributed by atoms with van der Waals surface area (Å²) in [7, 11) is 0. The Morgan fingerprint density at radius 2 is 2.08 bits per heavy atom. The first kappa shape index (κ1) is 16.8. The second-order valence-electron chi connectivity index (χ2n) is 7.31. The van der Waals surface area contributed by atoms with Crippen molar-refractivity contribution in [2.75, 3.05) is 6.61 Å². The smallest absolute Gasteiger partial charge is 0.260 e. The molecule has 130 valence electrons. The molecule has 1 aromatic rings. The van der Waals surface area contributed by atoms with E-state index in [-0.39, 0.29) is 24.4 Å². The monoisotopic (exact) mass is 329 g/mol. The molecular weight excluding hydrogens is 302 g/mol. The summed E-state index contributed by atoms with van der Waals surface area (Å²) in [5, 5.41) is 6.89. The molecule has 1 amide bonds. The highest BCUT2D eigenvalue weighted by molar-refractivity contribution is 5.97. The zero-order valence-electron chi connectivity index (χ0n) is 14.5. The fourth-order valence-electron chi connectivity index (χ4n) is 4.25. The molecule has 0 saturated heterocycles. The topological polar surface area (TPSA) is 76.7 Å². The van der Waals surface area contributed by atoms with Crippen molar-refractivity contribution in [2.45, 2.75) is 45.6 Å². The van der Waals surface area contributed by atoms with Crippen LogP contribution in [0, 0.1) is 24.7 Å². The van der Waals surface area contributed by atoms with Crippen LogP contribution in [0.25, 0.3) is 0 Å². The molecule has 2 fully saturated rings. The maximum absolute atomic E-state index is 12.0. The minimum absolute atomic E-state index is 0.0995. The van der Waals surface area contributed by atoms with Crippen molar-refractivity contribution in [1.29, 1.82) is 0 Å². The molecule has 5 nitrogen and oxygen atoms in total. The van der Waals surface area contributed by atoms with E-state index in [1.807, 2.05) is 31.2 Å². The first-order valence-electron chi connectivity index (χ1n) is 8.84. The lowest BCUT2D eigenvalue weighted by Crippen LogP contribution is -2.41. The maximum Gasteiger partial charge on any atom is 0.260 e. The average Bonchev–Trinajstić information content (AvgIpc) is 3.18. The minimum Gasteiger partial charge on any atom is -0.384 e. The van der Waals surface area contributed by atoms with Crippen LogP contribution in [0.15, 0.2) is 29.4 Å². The summed E-state index contributed by atoms with van der Waals surface area (Å²) in [4.78, 5) is 17.2. The van der Waals surface area contributed by atoms with Gasteiger partial charge in [0.15, 0.2) is 12.4 Å². The molecule has 0 spiro atoms. The Bertz CT molecular complexity index is 612. The number of nitrogens with zero attached hydrogens (tertiary/aromatic N) is 1. The van der Waals surface area contributed by atoms with Gasteiger partial charge in [-0.3, -0.25) is 4.79 Å². The molecule has 0 radical (unpaired) electrons. The molecule has 0 heterocycles. The molecule has 24 heavy (non-hydrogen) atoms. The highest BCUT2D eigenvalue weighted by Crippen LogP contribution is 2.49. The Hall–Kier alpha value is -2.04. The summed E-state index contributed by atoms with van der Waals surface area (Å²) in [6, 6.07) is 7.89. The summed E-state index contributed by atoms with van der Waals surface area (Å²) in [5.74, 6) is 2.44. The van der Waals surface area contributed by atoms with Crippen LogP contribution in [0.3, 0.4) is 0 Å². The second kappa shape index (κ2) is 7.24. The highest BCUT2D eigenvalue weighted by atomic mass is 16.6. The highest BCUT2D eigenvalue weighted by Gasteiger charge is 2.42. The fourth-order valence-corrected chi connectivity index (χ4v) is 4.25. The van der Waals surface area contributed by atoms with Gasteiger partial charge in [-0.15, -0.1) is 0 Å². The van der Waals surface area contributed by atoms with Gasteiger partial charge >= 0.3 is 0 Å². The van der Waals surface area contributed by atoms with Crippen molar-refractivity contribution in [3.05, 3.63) is 35.4 Å². The Morgan fingerprint density at radius 1 is 1.33 bits per heavy atom. The summed E-state index contributed by atoms with van der Waals surface area (Å²) in [6.07, 6.45) is 5.30. The van der Waals surface area contributed by atoms with Crippen molar-refractivity contribution in [1.82, 2.24) is 5.32 Å². The van der Waals surface area contributed by atoms with E-state index < -0.39 is 0 Å². The third kappa shape index (κ3) is 3.89. The number of amides is 1. The van der Waals surface area contributed by atoms with Crippen LogP contribution in [0.4, 0.5) is 0 Å². The van der Waals surface area contributed by atoms with Gasteiger partial charge in [-0.1, -0.05) is 41.4 Å². The van der Waals surface area contributed by atoms with Crippen LogP contribution in [0.5, 0.6) is 0 Å². The molecule has 2 aliphatic carbocycles. The van der Waals surface area contributed by atoms with Gasteiger partial charge in [0, 0.05) is 11.6 Å². The van der Waals surface area contributed by atoms with Gasteiger partial charge in [0.25, 0.3) is 5.91 Å². The number of hydrogen-bond acceptors (Lipinski definition) is 3. The molecule has 2 aliphatic rings. The molecule has 0 unspecified atom stereocenters. The van der Waals surface area contributed by atoms with Crippen LogP contribution in [0.2, 0.25) is 0 Å². The average molecular weight is 329 g/mol. The zero-order chi connectivity index (χ0) is 17.1. The Labute approximate surface area is 143 Å². The van der Waals surface area contributed by atoms with Crippen LogP contribution in [0.1, 0.15) is 43.7 Å². The van der Waals surface area contributed by atoms with E-state index in [0.717, 1.165) is 23.0 Å². The van der Waals surface area contributed by atoms with E-state index >= 15 is 0 Å². The largest absolute Gasteiger partial charge is 0.384 e. The van der Waals surface area contributed by atoms with Gasteiger partial charge in [-0.25, -0.2) is 0 Å². The lowest BCUT2D eigenvalue weighted by atomic mass is 9.84. The molecule has 1 aromatic carbocycles. The molecule has 3 N–H and O–H groups in total. The van der Waals surface area contributed by atoms with Crippen molar-refractivity contribution in [3.63, 3.8) is 0 Å². The maximum atomic E-state index is 12.0. The summed E-state index contributed by atoms with van der Waals surface area (Å²) in [6.45, 7) is 4.01. The van der Waals surface area contributed by atoms with Gasteiger partial charge in [-0.2, -0.15) is 0 Å². The van der Waals surface area contributed by atoms with Crippen LogP contribution in [-0.2, 0) is 9.63 Å². The van der Waals surface area contributed by atoms with Crippen molar-refractivity contribution >= 4 is 11.7 Å². The Morgan fingerprint density at radius 3 is 2.71 bits per heavy atom. The predicted octanol–water partition coefficient (Wildman–Crippen LogP) is 2.57. The number of aryl methyl sites for hydroxylation is 1. The summed E-state index contributed by atoms with van der Waals surface area (Å²) in [5.41, 5.74) is 7.81. The molecule has 0 aliphatic heterocycles. The molecule has 2 saturated carbocycles. The number of nitrogens with two attached hydrogens (primary N) is 1. The van der Waals surface area contributed by atoms with E-state index in [4.69, 9.17) is 10.6 Å². The van der Waals surface area contributed by atoms with E-state index in [1.165, 1.54) is 25.7 Å². The molecule has 5 heteroatoms. The number of carbonyl (C=O) groups excluding carboxylic acids is 1. The number of benzene rings is 1. The van der Waals surface area contributed by atoms with Crippen molar-refractivity contribution in [3.8, 4) is 0 Å². The number of oxime groups is 1. The number of nitrogens with one attached hydrogen (secondary N) is 1. The zero-order valence-corrected chi connectivity index (χ0v) is 14.5. The lowest BCUT2D eigenvalue weighted by Gasteiger charge is -2.28. The lowest BCUT2D eigenvalue weighted by molar-refractivity contribution is -0.126. The summed E-state index contributed by atoms with van der Waals surface area (Å²) < 4.78 is 0. The quantitative estimate of drug-likeness (QED) is 0.478. The SMILES string of the molecule is Cc1ccc(/C(N)=N\OCC(=O)N[C@H](C)[C@@H]2C[C@H]3CC[C@H]2C3)cc1. The molecule has 2 bridgehead atoms. The van der Waals surface area contributed by atoms with Crippen molar-refractivity contribution in [2.24, 2.45) is 28.6 Å². The van der Waals surface area contributed by atoms with Crippen LogP contribution >= 0.6 is 0 Å². The normalized spacial score (nSPS) is 27.1. The molecule has 3 rings (SSSR count). The van der Waals surface area contributed by atoms with Crippen LogP contribution in [-0.4, -0.2) is 24.4 Å². The van der Waals surface area contributed by atoms with Gasteiger partial charge in [0.05, 0.1) is 0 Å².